The van der Waals surface area contributed by atoms with E-state index in [0.29, 0.717) is 22.2 Å². The number of nitrogens with one attached hydrogen (secondary N) is 1. The Balaban J connectivity index is 2.07. The Kier molecular flexibility index (Phi) is 3.07. The van der Waals surface area contributed by atoms with Crippen molar-refractivity contribution in [1.29, 1.82) is 0 Å². The maximum absolute atomic E-state index is 12.7. The molecular weight excluding hydrogens is 295 g/mol. The van der Waals surface area contributed by atoms with Gasteiger partial charge in [-0.15, -0.1) is 10.9 Å². The van der Waals surface area contributed by atoms with Crippen molar-refractivity contribution in [2.75, 3.05) is 0 Å². The smallest absolute Gasteiger partial charge is 0.214 e. The van der Waals surface area contributed by atoms with Gasteiger partial charge in [0.05, 0.1) is 11.3 Å². The van der Waals surface area contributed by atoms with Gasteiger partial charge in [0, 0.05) is 16.5 Å². The highest BCUT2D eigenvalue weighted by atomic mass is 16.3. The number of carbonyl (C=O) groups excluding carboxylic acids is 1. The van der Waals surface area contributed by atoms with Crippen molar-refractivity contribution >= 4 is 81.3 Å². The van der Waals surface area contributed by atoms with Crippen molar-refractivity contribution in [2.24, 2.45) is 4.99 Å². The summed E-state index contributed by atoms with van der Waals surface area (Å²) in [5.74, 6) is -0.580. The van der Waals surface area contributed by atoms with Crippen LogP contribution in [0.1, 0.15) is 15.9 Å². The van der Waals surface area contributed by atoms with E-state index in [1.54, 1.807) is 24.3 Å². The first kappa shape index (κ1) is 14.9. The molecule has 0 spiro atoms. The van der Waals surface area contributed by atoms with E-state index in [4.69, 9.17) is 31.4 Å². The number of ketones is 1. The monoisotopic (exact) mass is 302 g/mol. The average Bonchev–Trinajstić information content (AvgIpc) is 3.09. The number of benzene rings is 2. The van der Waals surface area contributed by atoms with E-state index in [0.717, 1.165) is 0 Å². The minimum absolute atomic E-state index is 0.0789. The predicted octanol–water partition coefficient (Wildman–Crippen LogP) is -1.63. The lowest BCUT2D eigenvalue weighted by molar-refractivity contribution is 0.107. The normalized spacial score (nSPS) is 13.3. The van der Waals surface area contributed by atoms with Gasteiger partial charge in [-0.2, -0.15) is 0 Å². The van der Waals surface area contributed by atoms with Gasteiger partial charge in [-0.3, -0.25) is 4.79 Å². The molecule has 8 heteroatoms. The third-order valence-corrected chi connectivity index (χ3v) is 4.22. The number of aromatic hydroxyl groups is 1. The van der Waals surface area contributed by atoms with Crippen LogP contribution in [0.3, 0.4) is 0 Å². The van der Waals surface area contributed by atoms with Crippen molar-refractivity contribution in [3.8, 4) is 5.88 Å². The summed E-state index contributed by atoms with van der Waals surface area (Å²) in [7, 11) is 23.7. The first-order chi connectivity index (χ1) is 11.4. The van der Waals surface area contributed by atoms with Crippen molar-refractivity contribution in [1.82, 2.24) is 4.98 Å². The van der Waals surface area contributed by atoms with E-state index < -0.39 is 0 Å². The summed E-state index contributed by atoms with van der Waals surface area (Å²) in [5, 5.41) is 10.7. The van der Waals surface area contributed by atoms with E-state index in [1.165, 1.54) is 0 Å². The molecule has 0 fully saturated rings. The zero-order valence-electron chi connectivity index (χ0n) is 12.4. The van der Waals surface area contributed by atoms with Crippen molar-refractivity contribution in [2.45, 2.75) is 0 Å². The molecule has 104 valence electrons. The number of nitrogens with zero attached hydrogens (tertiary/aromatic N) is 1. The van der Waals surface area contributed by atoms with Gasteiger partial charge >= 0.3 is 0 Å². The van der Waals surface area contributed by atoms with Gasteiger partial charge in [-0.05, 0) is 12.1 Å². The van der Waals surface area contributed by atoms with Gasteiger partial charge in [-0.1, -0.05) is 23.1 Å². The summed E-state index contributed by atoms with van der Waals surface area (Å²) < 4.78 is 0. The molecule has 0 bridgehead atoms. The van der Waals surface area contributed by atoms with Crippen LogP contribution in [0.5, 0.6) is 5.88 Å². The Morgan fingerprint density at radius 3 is 2.33 bits per heavy atom. The van der Waals surface area contributed by atoms with Crippen LogP contribution >= 0.6 is 0 Å². The lowest BCUT2D eigenvalue weighted by atomic mass is 9.65. The molecule has 0 atom stereocenters. The van der Waals surface area contributed by atoms with Crippen LogP contribution in [-0.4, -0.2) is 53.0 Å². The molecule has 1 aliphatic heterocycles. The summed E-state index contributed by atoms with van der Waals surface area (Å²) in [6, 6.07) is 6.91. The Morgan fingerprint density at radius 1 is 0.958 bits per heavy atom. The SMILES string of the molecule is [B]c1c([B])c([B])c2c(C3=Nc4ccccc4C3=O)c(O)[nH]c2c1[B]. The molecular formula is C16H6B4N2O2. The molecule has 3 aromatic rings. The van der Waals surface area contributed by atoms with Gasteiger partial charge in [0.1, 0.15) is 37.1 Å². The van der Waals surface area contributed by atoms with E-state index in [9.17, 15) is 9.90 Å². The van der Waals surface area contributed by atoms with Gasteiger partial charge in [0.25, 0.3) is 0 Å². The number of rotatable bonds is 1. The van der Waals surface area contributed by atoms with Crippen LogP contribution in [0.2, 0.25) is 0 Å². The summed E-state index contributed by atoms with van der Waals surface area (Å²) in [5.41, 5.74) is 2.06. The quantitative estimate of drug-likeness (QED) is 0.530. The van der Waals surface area contributed by atoms with Gasteiger partial charge in [0.2, 0.25) is 5.78 Å². The topological polar surface area (TPSA) is 65.4 Å². The number of aromatic nitrogens is 1. The van der Waals surface area contributed by atoms with E-state index >= 15 is 0 Å². The third kappa shape index (κ3) is 1.80. The molecule has 2 N–H and O–H groups in total. The minimum Gasteiger partial charge on any atom is -0.494 e. The lowest BCUT2D eigenvalue weighted by Crippen LogP contribution is -2.48. The zero-order valence-corrected chi connectivity index (χ0v) is 12.4. The van der Waals surface area contributed by atoms with Crippen molar-refractivity contribution in [3.63, 3.8) is 0 Å². The van der Waals surface area contributed by atoms with Crippen LogP contribution in [0.4, 0.5) is 5.69 Å². The number of aliphatic imine (C=N–C) groups is 1. The van der Waals surface area contributed by atoms with E-state index in [1.807, 2.05) is 0 Å². The summed E-state index contributed by atoms with van der Waals surface area (Å²) in [6.45, 7) is 0. The summed E-state index contributed by atoms with van der Waals surface area (Å²) in [4.78, 5) is 19.7. The first-order valence-corrected chi connectivity index (χ1v) is 7.11. The molecule has 1 aliphatic rings. The molecule has 0 saturated heterocycles. The molecule has 4 rings (SSSR count). The van der Waals surface area contributed by atoms with E-state index in [-0.39, 0.29) is 44.8 Å². The maximum Gasteiger partial charge on any atom is 0.214 e. The van der Waals surface area contributed by atoms with E-state index in [2.05, 4.69) is 9.98 Å². The van der Waals surface area contributed by atoms with Crippen molar-refractivity contribution in [3.05, 3.63) is 35.4 Å². The third-order valence-electron chi connectivity index (χ3n) is 4.22. The predicted molar refractivity (Wildman–Crippen MR) is 98.5 cm³/mol. The molecule has 2 heterocycles. The second-order valence-corrected chi connectivity index (χ2v) is 5.56. The molecule has 24 heavy (non-hydrogen) atoms. The van der Waals surface area contributed by atoms with Crippen LogP contribution < -0.4 is 21.9 Å². The molecule has 0 aliphatic carbocycles. The van der Waals surface area contributed by atoms with Gasteiger partial charge in [-0.25, -0.2) is 4.99 Å². The second kappa shape index (κ2) is 4.94. The Labute approximate surface area is 143 Å². The standard InChI is InChI=1S/C16H6B4N2O2/c17-9-7-8(14-15(23)5-3-1-2-4-6(5)21-14)16(24)22-13(7)12(20)11(19)10(9)18/h1-4,22,24H. The fourth-order valence-corrected chi connectivity index (χ4v) is 2.98. The molecule has 4 nitrogen and oxygen atoms in total. The summed E-state index contributed by atoms with van der Waals surface area (Å²) in [6.07, 6.45) is 0. The first-order valence-electron chi connectivity index (χ1n) is 7.11. The van der Waals surface area contributed by atoms with Gasteiger partial charge in [0.15, 0.2) is 5.88 Å². The van der Waals surface area contributed by atoms with Crippen LogP contribution in [-0.2, 0) is 0 Å². The zero-order chi connectivity index (χ0) is 17.2. The minimum atomic E-state index is -0.310. The highest BCUT2D eigenvalue weighted by Crippen LogP contribution is 2.33. The molecule has 0 saturated carbocycles. The maximum atomic E-state index is 12.7. The number of H-pyrrole nitrogens is 1. The average molecular weight is 301 g/mol. The fraction of sp³-hybridized carbons (Fsp3) is 0. The van der Waals surface area contributed by atoms with Crippen LogP contribution in [0.15, 0.2) is 29.3 Å². The molecule has 0 amide bonds. The number of para-hydroxylation sites is 1. The summed E-state index contributed by atoms with van der Waals surface area (Å²) >= 11 is 0. The molecule has 0 unspecified atom stereocenters. The number of aromatic amines is 1. The largest absolute Gasteiger partial charge is 0.494 e. The number of carbonyl (C=O) groups is 1. The number of Topliss-reactive ketones (excluding diaryl/α,β-unsaturated/α-hetero) is 1. The fourth-order valence-electron chi connectivity index (χ4n) is 2.98. The lowest BCUT2D eigenvalue weighted by Gasteiger charge is -2.13. The number of fused-ring (bicyclic) bond motifs is 2. The van der Waals surface area contributed by atoms with Crippen LogP contribution in [0.25, 0.3) is 10.9 Å². The highest BCUT2D eigenvalue weighted by molar-refractivity contribution is 6.68. The molecule has 1 aromatic heterocycles. The Bertz CT molecular complexity index is 1090. The molecule has 2 aromatic carbocycles. The molecule has 8 radical (unpaired) electrons. The number of hydrogen-bond donors (Lipinski definition) is 2. The Hall–Kier alpha value is -2.62. The Morgan fingerprint density at radius 2 is 1.62 bits per heavy atom. The van der Waals surface area contributed by atoms with Crippen LogP contribution in [0, 0.1) is 0 Å². The number of hydrogen-bond acceptors (Lipinski definition) is 3. The van der Waals surface area contributed by atoms with Gasteiger partial charge < -0.3 is 10.1 Å². The second-order valence-electron chi connectivity index (χ2n) is 5.56. The highest BCUT2D eigenvalue weighted by Gasteiger charge is 2.30. The van der Waals surface area contributed by atoms with Crippen molar-refractivity contribution < 1.29 is 9.90 Å².